The van der Waals surface area contributed by atoms with Crippen molar-refractivity contribution < 1.29 is 5.11 Å². The van der Waals surface area contributed by atoms with Gasteiger partial charge < -0.3 is 10.4 Å². The third kappa shape index (κ3) is 4.33. The Labute approximate surface area is 121 Å². The minimum atomic E-state index is -0.598. The summed E-state index contributed by atoms with van der Waals surface area (Å²) in [7, 11) is 0. The zero-order valence-electron chi connectivity index (χ0n) is 12.0. The van der Waals surface area contributed by atoms with Crippen LogP contribution in [-0.2, 0) is 0 Å². The lowest BCUT2D eigenvalue weighted by Gasteiger charge is -2.29. The first-order chi connectivity index (χ1) is 9.73. The zero-order valence-corrected chi connectivity index (χ0v) is 12.0. The van der Waals surface area contributed by atoms with E-state index in [1.807, 2.05) is 30.3 Å². The molecule has 1 unspecified atom stereocenters. The number of nitrogens with zero attached hydrogens (tertiary/aromatic N) is 1. The summed E-state index contributed by atoms with van der Waals surface area (Å²) in [4.78, 5) is 0. The lowest BCUT2D eigenvalue weighted by Crippen LogP contribution is -2.41. The highest BCUT2D eigenvalue weighted by Crippen LogP contribution is 2.27. The lowest BCUT2D eigenvalue weighted by atomic mass is 9.93. The first-order valence-electron chi connectivity index (χ1n) is 7.61. The number of hydrogen-bond donors (Lipinski definition) is 2. The molecule has 108 valence electrons. The summed E-state index contributed by atoms with van der Waals surface area (Å²) in [5.74, 6) is 0. The van der Waals surface area contributed by atoms with Crippen molar-refractivity contribution >= 4 is 0 Å². The molecule has 2 N–H and O–H groups in total. The van der Waals surface area contributed by atoms with Crippen LogP contribution in [0.15, 0.2) is 30.3 Å². The third-order valence-corrected chi connectivity index (χ3v) is 4.21. The van der Waals surface area contributed by atoms with Crippen molar-refractivity contribution in [2.75, 3.05) is 6.54 Å². The molecule has 3 heteroatoms. The maximum absolute atomic E-state index is 10.7. The molecule has 1 aliphatic rings. The minimum Gasteiger partial charge on any atom is -0.389 e. The topological polar surface area (TPSA) is 56.0 Å². The second-order valence-corrected chi connectivity index (χ2v) is 5.84. The van der Waals surface area contributed by atoms with Crippen LogP contribution in [0.2, 0.25) is 0 Å². The van der Waals surface area contributed by atoms with Crippen LogP contribution in [0.4, 0.5) is 0 Å². The monoisotopic (exact) mass is 272 g/mol. The van der Waals surface area contributed by atoms with Crippen molar-refractivity contribution in [3.05, 3.63) is 35.9 Å². The summed E-state index contributed by atoms with van der Waals surface area (Å²) in [6.07, 6.45) is 6.83. The number of aliphatic hydroxyl groups is 1. The Morgan fingerprint density at radius 2 is 1.80 bits per heavy atom. The fourth-order valence-electron chi connectivity index (χ4n) is 2.96. The van der Waals surface area contributed by atoms with Crippen molar-refractivity contribution in [2.24, 2.45) is 0 Å². The number of benzene rings is 1. The van der Waals surface area contributed by atoms with Gasteiger partial charge in [-0.05, 0) is 18.4 Å². The number of hydrogen-bond acceptors (Lipinski definition) is 3. The molecule has 0 amide bonds. The minimum absolute atomic E-state index is 0.00785. The lowest BCUT2D eigenvalue weighted by molar-refractivity contribution is 0.0227. The van der Waals surface area contributed by atoms with Crippen molar-refractivity contribution in [1.82, 2.24) is 5.32 Å². The van der Waals surface area contributed by atoms with E-state index in [0.29, 0.717) is 13.0 Å². The summed E-state index contributed by atoms with van der Waals surface area (Å²) in [6.45, 7) is 0.578. The standard InChI is InChI=1S/C17H24N2O/c18-13-10-16(15-8-4-3-5-9-15)19-14-17(20)11-6-1-2-7-12-17/h3-5,8-9,16,19-20H,1-2,6-7,10-12,14H2. The normalized spacial score (nSPS) is 19.8. The van der Waals surface area contributed by atoms with E-state index < -0.39 is 5.60 Å². The van der Waals surface area contributed by atoms with Crippen LogP contribution in [0.3, 0.4) is 0 Å². The molecule has 1 aromatic rings. The maximum Gasteiger partial charge on any atom is 0.0771 e. The fraction of sp³-hybridized carbons (Fsp3) is 0.588. The van der Waals surface area contributed by atoms with Gasteiger partial charge in [0.15, 0.2) is 0 Å². The Bertz CT molecular complexity index is 430. The van der Waals surface area contributed by atoms with Gasteiger partial charge in [0.25, 0.3) is 0 Å². The van der Waals surface area contributed by atoms with E-state index in [-0.39, 0.29) is 6.04 Å². The van der Waals surface area contributed by atoms with Crippen molar-refractivity contribution in [1.29, 1.82) is 5.26 Å². The van der Waals surface area contributed by atoms with Crippen molar-refractivity contribution in [3.63, 3.8) is 0 Å². The maximum atomic E-state index is 10.7. The molecule has 1 atom stereocenters. The molecule has 0 heterocycles. The first-order valence-corrected chi connectivity index (χ1v) is 7.61. The Balaban J connectivity index is 1.96. The van der Waals surface area contributed by atoms with Crippen molar-refractivity contribution in [3.8, 4) is 6.07 Å². The summed E-state index contributed by atoms with van der Waals surface area (Å²) in [5, 5.41) is 23.1. The summed E-state index contributed by atoms with van der Waals surface area (Å²) in [6, 6.07) is 12.3. The Morgan fingerprint density at radius 1 is 1.15 bits per heavy atom. The van der Waals surface area contributed by atoms with Crippen LogP contribution in [0.25, 0.3) is 0 Å². The van der Waals surface area contributed by atoms with Gasteiger partial charge >= 0.3 is 0 Å². The van der Waals surface area contributed by atoms with E-state index in [0.717, 1.165) is 31.2 Å². The van der Waals surface area contributed by atoms with Gasteiger partial charge in [-0.3, -0.25) is 0 Å². The smallest absolute Gasteiger partial charge is 0.0771 e. The molecular weight excluding hydrogens is 248 g/mol. The molecule has 0 bridgehead atoms. The second-order valence-electron chi connectivity index (χ2n) is 5.84. The van der Waals surface area contributed by atoms with Gasteiger partial charge in [-0.25, -0.2) is 0 Å². The number of rotatable bonds is 5. The first kappa shape index (κ1) is 15.0. The van der Waals surface area contributed by atoms with Crippen LogP contribution in [0.1, 0.15) is 56.6 Å². The average molecular weight is 272 g/mol. The molecule has 3 nitrogen and oxygen atoms in total. The highest BCUT2D eigenvalue weighted by atomic mass is 16.3. The number of nitriles is 1. The quantitative estimate of drug-likeness (QED) is 0.808. The largest absolute Gasteiger partial charge is 0.389 e. The molecule has 2 rings (SSSR count). The van der Waals surface area contributed by atoms with E-state index in [2.05, 4.69) is 11.4 Å². The Kier molecular flexibility index (Phi) is 5.58. The van der Waals surface area contributed by atoms with Crippen LogP contribution >= 0.6 is 0 Å². The molecule has 0 aromatic heterocycles. The highest BCUT2D eigenvalue weighted by Gasteiger charge is 2.28. The SMILES string of the molecule is N#CCC(NCC1(O)CCCCCC1)c1ccccc1. The van der Waals surface area contributed by atoms with E-state index >= 15 is 0 Å². The number of nitrogens with one attached hydrogen (secondary N) is 1. The zero-order chi connectivity index (χ0) is 14.3. The van der Waals surface area contributed by atoms with E-state index in [9.17, 15) is 5.11 Å². The molecule has 1 saturated carbocycles. The molecule has 0 saturated heterocycles. The molecule has 1 aromatic carbocycles. The van der Waals surface area contributed by atoms with Crippen LogP contribution in [0, 0.1) is 11.3 Å². The highest BCUT2D eigenvalue weighted by molar-refractivity contribution is 5.20. The third-order valence-electron chi connectivity index (χ3n) is 4.21. The summed E-state index contributed by atoms with van der Waals surface area (Å²) in [5.41, 5.74) is 0.519. The summed E-state index contributed by atoms with van der Waals surface area (Å²) < 4.78 is 0. The molecule has 1 aliphatic carbocycles. The Hall–Kier alpha value is -1.37. The van der Waals surface area contributed by atoms with E-state index in [1.165, 1.54) is 12.8 Å². The molecule has 0 spiro atoms. The van der Waals surface area contributed by atoms with Gasteiger partial charge in [-0.1, -0.05) is 56.0 Å². The van der Waals surface area contributed by atoms with Crippen LogP contribution in [0.5, 0.6) is 0 Å². The van der Waals surface area contributed by atoms with Crippen LogP contribution < -0.4 is 5.32 Å². The van der Waals surface area contributed by atoms with Crippen LogP contribution in [-0.4, -0.2) is 17.3 Å². The predicted octanol–water partition coefficient (Wildman–Crippen LogP) is 3.32. The van der Waals surface area contributed by atoms with Gasteiger partial charge in [0, 0.05) is 12.6 Å². The Morgan fingerprint density at radius 3 is 2.40 bits per heavy atom. The van der Waals surface area contributed by atoms with Gasteiger partial charge in [0.2, 0.25) is 0 Å². The molecule has 20 heavy (non-hydrogen) atoms. The van der Waals surface area contributed by atoms with E-state index in [1.54, 1.807) is 0 Å². The van der Waals surface area contributed by atoms with Gasteiger partial charge in [-0.2, -0.15) is 5.26 Å². The molecule has 1 fully saturated rings. The predicted molar refractivity (Wildman–Crippen MR) is 80.1 cm³/mol. The molecule has 0 aliphatic heterocycles. The average Bonchev–Trinajstić information content (AvgIpc) is 2.70. The molecule has 0 radical (unpaired) electrons. The van der Waals surface area contributed by atoms with Gasteiger partial charge in [0.05, 0.1) is 18.1 Å². The van der Waals surface area contributed by atoms with Crippen molar-refractivity contribution in [2.45, 2.75) is 56.6 Å². The van der Waals surface area contributed by atoms with Gasteiger partial charge in [-0.15, -0.1) is 0 Å². The van der Waals surface area contributed by atoms with Gasteiger partial charge in [0.1, 0.15) is 0 Å². The summed E-state index contributed by atoms with van der Waals surface area (Å²) >= 11 is 0. The fourth-order valence-corrected chi connectivity index (χ4v) is 2.96. The second kappa shape index (κ2) is 7.42. The van der Waals surface area contributed by atoms with E-state index in [4.69, 9.17) is 5.26 Å². The molecular formula is C17H24N2O.